The van der Waals surface area contributed by atoms with E-state index in [0.717, 1.165) is 15.4 Å². The van der Waals surface area contributed by atoms with E-state index >= 15 is 0 Å². The van der Waals surface area contributed by atoms with Crippen LogP contribution in [0.15, 0.2) is 65.6 Å². The van der Waals surface area contributed by atoms with Crippen LogP contribution in [-0.4, -0.2) is 28.4 Å². The van der Waals surface area contributed by atoms with Crippen molar-refractivity contribution >= 4 is 38.9 Å². The number of carbonyl (C=O) groups is 1. The van der Waals surface area contributed by atoms with Crippen molar-refractivity contribution in [3.05, 3.63) is 88.2 Å². The van der Waals surface area contributed by atoms with Gasteiger partial charge in [0.1, 0.15) is 5.82 Å². The van der Waals surface area contributed by atoms with E-state index in [4.69, 9.17) is 11.6 Å². The quantitative estimate of drug-likeness (QED) is 0.526. The van der Waals surface area contributed by atoms with Crippen LogP contribution in [0.5, 0.6) is 0 Å². The van der Waals surface area contributed by atoms with Crippen LogP contribution in [0, 0.1) is 19.7 Å². The first-order chi connectivity index (χ1) is 14.5. The molecular weight excluding hydrogens is 439 g/mol. The Hall–Kier alpha value is -2.90. The number of carbonyl (C=O) groups excluding carboxylic acids is 1. The van der Waals surface area contributed by atoms with Gasteiger partial charge < -0.3 is 4.90 Å². The summed E-state index contributed by atoms with van der Waals surface area (Å²) < 4.78 is 40.4. The number of anilines is 2. The predicted molar refractivity (Wildman–Crippen MR) is 122 cm³/mol. The van der Waals surface area contributed by atoms with Crippen molar-refractivity contribution in [3.8, 4) is 0 Å². The predicted octanol–water partition coefficient (Wildman–Crippen LogP) is 5.20. The number of aryl methyl sites for hydroxylation is 2. The van der Waals surface area contributed by atoms with Crippen LogP contribution in [-0.2, 0) is 10.0 Å². The van der Waals surface area contributed by atoms with Crippen molar-refractivity contribution in [1.82, 2.24) is 0 Å². The van der Waals surface area contributed by atoms with E-state index in [-0.39, 0.29) is 21.2 Å². The molecule has 8 heteroatoms. The smallest absolute Gasteiger partial charge is 0.264 e. The van der Waals surface area contributed by atoms with Crippen molar-refractivity contribution in [2.45, 2.75) is 18.7 Å². The summed E-state index contributed by atoms with van der Waals surface area (Å²) >= 11 is 6.26. The van der Waals surface area contributed by atoms with Gasteiger partial charge in [-0.25, -0.2) is 12.8 Å². The summed E-state index contributed by atoms with van der Waals surface area (Å²) in [5.41, 5.74) is 2.95. The minimum atomic E-state index is -4.00. The van der Waals surface area contributed by atoms with Gasteiger partial charge in [0.25, 0.3) is 15.9 Å². The molecule has 0 atom stereocenters. The van der Waals surface area contributed by atoms with E-state index in [1.54, 1.807) is 7.05 Å². The highest BCUT2D eigenvalue weighted by atomic mass is 35.5. The number of rotatable bonds is 5. The standard InChI is InChI=1S/C23H22ClFN2O3S/c1-15-5-6-16(2)22(13-15)26(3)23(28)20-14-19(11-12-21(20)24)31(29,30)27(4)18-9-7-17(25)8-10-18/h5-14H,1-4H3. The van der Waals surface area contributed by atoms with Crippen LogP contribution in [0.2, 0.25) is 5.02 Å². The lowest BCUT2D eigenvalue weighted by Crippen LogP contribution is -2.29. The topological polar surface area (TPSA) is 57.7 Å². The summed E-state index contributed by atoms with van der Waals surface area (Å²) in [6, 6.07) is 14.8. The molecule has 0 aliphatic rings. The molecule has 0 radical (unpaired) electrons. The molecule has 0 bridgehead atoms. The molecule has 0 fully saturated rings. The zero-order valence-electron chi connectivity index (χ0n) is 17.6. The fraction of sp³-hybridized carbons (Fsp3) is 0.174. The summed E-state index contributed by atoms with van der Waals surface area (Å²) in [5.74, 6) is -0.899. The molecule has 0 N–H and O–H groups in total. The summed E-state index contributed by atoms with van der Waals surface area (Å²) in [4.78, 5) is 14.5. The lowest BCUT2D eigenvalue weighted by Gasteiger charge is -2.22. The average molecular weight is 461 g/mol. The second-order valence-electron chi connectivity index (χ2n) is 7.24. The van der Waals surface area contributed by atoms with Gasteiger partial charge in [-0.2, -0.15) is 0 Å². The lowest BCUT2D eigenvalue weighted by molar-refractivity contribution is 0.0993. The van der Waals surface area contributed by atoms with Crippen LogP contribution < -0.4 is 9.21 Å². The monoisotopic (exact) mass is 460 g/mol. The molecule has 0 spiro atoms. The van der Waals surface area contributed by atoms with E-state index in [1.807, 2.05) is 32.0 Å². The highest BCUT2D eigenvalue weighted by Crippen LogP contribution is 2.28. The molecule has 5 nitrogen and oxygen atoms in total. The molecule has 0 heterocycles. The van der Waals surface area contributed by atoms with E-state index in [9.17, 15) is 17.6 Å². The first kappa shape index (κ1) is 22.8. The van der Waals surface area contributed by atoms with Gasteiger partial charge in [-0.05, 0) is 73.5 Å². The maximum Gasteiger partial charge on any atom is 0.264 e. The molecule has 3 rings (SSSR count). The largest absolute Gasteiger partial charge is 0.311 e. The summed E-state index contributed by atoms with van der Waals surface area (Å²) in [6.45, 7) is 3.81. The third-order valence-electron chi connectivity index (χ3n) is 5.05. The number of amides is 1. The first-order valence-corrected chi connectivity index (χ1v) is 11.2. The Morgan fingerprint density at radius 1 is 0.935 bits per heavy atom. The van der Waals surface area contributed by atoms with Crippen LogP contribution >= 0.6 is 11.6 Å². The number of hydrogen-bond donors (Lipinski definition) is 0. The summed E-state index contributed by atoms with van der Waals surface area (Å²) in [5, 5.41) is 0.144. The normalized spacial score (nSPS) is 11.3. The van der Waals surface area contributed by atoms with Crippen LogP contribution in [0.1, 0.15) is 21.5 Å². The van der Waals surface area contributed by atoms with Gasteiger partial charge in [-0.3, -0.25) is 9.10 Å². The number of hydrogen-bond acceptors (Lipinski definition) is 3. The molecule has 31 heavy (non-hydrogen) atoms. The van der Waals surface area contributed by atoms with Gasteiger partial charge in [0.2, 0.25) is 0 Å². The van der Waals surface area contributed by atoms with Gasteiger partial charge in [-0.15, -0.1) is 0 Å². The SMILES string of the molecule is Cc1ccc(C)c(N(C)C(=O)c2cc(S(=O)(=O)N(C)c3ccc(F)cc3)ccc2Cl)c1. The van der Waals surface area contributed by atoms with Crippen LogP contribution in [0.3, 0.4) is 0 Å². The highest BCUT2D eigenvalue weighted by Gasteiger charge is 2.25. The second-order valence-corrected chi connectivity index (χ2v) is 9.62. The van der Waals surface area contributed by atoms with Crippen LogP contribution in [0.25, 0.3) is 0 Å². The number of halogens is 2. The van der Waals surface area contributed by atoms with E-state index < -0.39 is 21.7 Å². The van der Waals surface area contributed by atoms with Crippen molar-refractivity contribution in [3.63, 3.8) is 0 Å². The molecule has 0 aliphatic carbocycles. The first-order valence-electron chi connectivity index (χ1n) is 9.41. The third-order valence-corrected chi connectivity index (χ3v) is 7.16. The average Bonchev–Trinajstić information content (AvgIpc) is 2.74. The Kier molecular flexibility index (Phi) is 6.38. The zero-order chi connectivity index (χ0) is 22.9. The molecule has 1 amide bonds. The fourth-order valence-corrected chi connectivity index (χ4v) is 4.57. The van der Waals surface area contributed by atoms with Gasteiger partial charge in [0.15, 0.2) is 0 Å². The lowest BCUT2D eigenvalue weighted by atomic mass is 10.1. The highest BCUT2D eigenvalue weighted by molar-refractivity contribution is 7.92. The molecule has 3 aromatic rings. The molecule has 0 saturated carbocycles. The van der Waals surface area contributed by atoms with E-state index in [1.165, 1.54) is 54.4 Å². The van der Waals surface area contributed by atoms with Gasteiger partial charge in [0.05, 0.1) is 21.2 Å². The summed E-state index contributed by atoms with van der Waals surface area (Å²) in [6.07, 6.45) is 0. The van der Waals surface area contributed by atoms with Crippen molar-refractivity contribution in [1.29, 1.82) is 0 Å². The van der Waals surface area contributed by atoms with Crippen molar-refractivity contribution in [2.75, 3.05) is 23.3 Å². The van der Waals surface area contributed by atoms with E-state index in [0.29, 0.717) is 5.69 Å². The maximum absolute atomic E-state index is 13.2. The van der Waals surface area contributed by atoms with Gasteiger partial charge in [0, 0.05) is 19.8 Å². The van der Waals surface area contributed by atoms with E-state index in [2.05, 4.69) is 0 Å². The second kappa shape index (κ2) is 8.69. The minimum absolute atomic E-state index is 0.0682. The molecule has 0 saturated heterocycles. The van der Waals surface area contributed by atoms with Crippen molar-refractivity contribution < 1.29 is 17.6 Å². The van der Waals surface area contributed by atoms with Crippen molar-refractivity contribution in [2.24, 2.45) is 0 Å². The molecule has 0 unspecified atom stereocenters. The van der Waals surface area contributed by atoms with Gasteiger partial charge in [-0.1, -0.05) is 23.7 Å². The van der Waals surface area contributed by atoms with Crippen LogP contribution in [0.4, 0.5) is 15.8 Å². The molecule has 0 aliphatic heterocycles. The molecule has 162 valence electrons. The number of sulfonamides is 1. The number of nitrogens with zero attached hydrogens (tertiary/aromatic N) is 2. The molecular formula is C23H22ClFN2O3S. The Balaban J connectivity index is 2.00. The Morgan fingerprint density at radius 2 is 1.58 bits per heavy atom. The molecule has 0 aromatic heterocycles. The Labute approximate surface area is 186 Å². The zero-order valence-corrected chi connectivity index (χ0v) is 19.1. The Bertz CT molecular complexity index is 1240. The maximum atomic E-state index is 13.2. The Morgan fingerprint density at radius 3 is 2.23 bits per heavy atom. The number of benzene rings is 3. The third kappa shape index (κ3) is 4.57. The molecule has 3 aromatic carbocycles. The summed E-state index contributed by atoms with van der Waals surface area (Å²) in [7, 11) is -1.02. The minimum Gasteiger partial charge on any atom is -0.311 e. The fourth-order valence-electron chi connectivity index (χ4n) is 3.15. The van der Waals surface area contributed by atoms with Gasteiger partial charge >= 0.3 is 0 Å².